The van der Waals surface area contributed by atoms with Gasteiger partial charge in [0.15, 0.2) is 0 Å². The van der Waals surface area contributed by atoms with Crippen LogP contribution < -0.4 is 15.5 Å². The topological polar surface area (TPSA) is 85.0 Å². The molecular weight excluding hydrogens is 466 g/mol. The maximum absolute atomic E-state index is 12.6. The Morgan fingerprint density at radius 1 is 0.811 bits per heavy atom. The first kappa shape index (κ1) is 25.8. The van der Waals surface area contributed by atoms with E-state index in [9.17, 15) is 14.4 Å². The molecule has 0 spiro atoms. The number of hydrogen-bond donors (Lipinski definition) is 2. The van der Waals surface area contributed by atoms with Gasteiger partial charge in [0.05, 0.1) is 0 Å². The van der Waals surface area contributed by atoms with Gasteiger partial charge in [-0.25, -0.2) is 4.79 Å². The van der Waals surface area contributed by atoms with Gasteiger partial charge in [0.2, 0.25) is 11.8 Å². The molecule has 4 amide bonds. The summed E-state index contributed by atoms with van der Waals surface area (Å²) in [7, 11) is 0. The molecule has 1 heterocycles. The van der Waals surface area contributed by atoms with Crippen molar-refractivity contribution < 1.29 is 14.4 Å². The summed E-state index contributed by atoms with van der Waals surface area (Å²) in [6.07, 6.45) is 0. The van der Waals surface area contributed by atoms with Crippen LogP contribution >= 0.6 is 0 Å². The molecule has 0 unspecified atom stereocenters. The van der Waals surface area contributed by atoms with Crippen molar-refractivity contribution in [3.63, 3.8) is 0 Å². The average Bonchev–Trinajstić information content (AvgIpc) is 2.89. The molecule has 4 rings (SSSR count). The highest BCUT2D eigenvalue weighted by molar-refractivity contribution is 5.94. The lowest BCUT2D eigenvalue weighted by molar-refractivity contribution is -0.133. The van der Waals surface area contributed by atoms with Crippen molar-refractivity contribution in [2.45, 2.75) is 20.4 Å². The first-order valence-electron chi connectivity index (χ1n) is 12.4. The monoisotopic (exact) mass is 499 g/mol. The molecule has 8 nitrogen and oxygen atoms in total. The van der Waals surface area contributed by atoms with Crippen LogP contribution in [0.1, 0.15) is 18.1 Å². The predicted molar refractivity (Wildman–Crippen MR) is 147 cm³/mol. The fraction of sp³-hybridized carbons (Fsp3) is 0.276. The Labute approximate surface area is 217 Å². The van der Waals surface area contributed by atoms with Gasteiger partial charge in [-0.1, -0.05) is 42.5 Å². The highest BCUT2D eigenvalue weighted by Gasteiger charge is 2.21. The standard InChI is InChI=1S/C29H33N5O3/c1-22-7-6-10-26(19-22)31-29(37)33-17-15-32(16-18-33)27-13-11-25(12-14-27)30-28(36)21-34(23(2)35)20-24-8-4-3-5-9-24/h3-14,19H,15-18,20-21H2,1-2H3,(H,30,36)(H,31,37). The summed E-state index contributed by atoms with van der Waals surface area (Å²) < 4.78 is 0. The highest BCUT2D eigenvalue weighted by Crippen LogP contribution is 2.20. The van der Waals surface area contributed by atoms with Gasteiger partial charge in [0, 0.05) is 56.7 Å². The summed E-state index contributed by atoms with van der Waals surface area (Å²) in [5.74, 6) is -0.395. The molecule has 0 atom stereocenters. The molecule has 1 fully saturated rings. The van der Waals surface area contributed by atoms with Gasteiger partial charge in [-0.05, 0) is 54.4 Å². The molecule has 37 heavy (non-hydrogen) atoms. The number of carbonyl (C=O) groups excluding carboxylic acids is 3. The number of carbonyl (C=O) groups is 3. The van der Waals surface area contributed by atoms with Crippen LogP contribution in [0.5, 0.6) is 0 Å². The quantitative estimate of drug-likeness (QED) is 0.507. The van der Waals surface area contributed by atoms with Gasteiger partial charge < -0.3 is 25.3 Å². The van der Waals surface area contributed by atoms with Crippen LogP contribution in [0.2, 0.25) is 0 Å². The molecule has 1 aliphatic heterocycles. The maximum Gasteiger partial charge on any atom is 0.321 e. The van der Waals surface area contributed by atoms with E-state index < -0.39 is 0 Å². The number of nitrogens with zero attached hydrogens (tertiary/aromatic N) is 3. The van der Waals surface area contributed by atoms with Crippen molar-refractivity contribution in [3.05, 3.63) is 90.0 Å². The summed E-state index contributed by atoms with van der Waals surface area (Å²) in [4.78, 5) is 42.8. The fourth-order valence-corrected chi connectivity index (χ4v) is 4.30. The van der Waals surface area contributed by atoms with Gasteiger partial charge >= 0.3 is 6.03 Å². The second kappa shape index (κ2) is 12.1. The predicted octanol–water partition coefficient (Wildman–Crippen LogP) is 4.34. The summed E-state index contributed by atoms with van der Waals surface area (Å²) >= 11 is 0. The lowest BCUT2D eigenvalue weighted by atomic mass is 10.2. The first-order valence-corrected chi connectivity index (χ1v) is 12.4. The van der Waals surface area contributed by atoms with Crippen molar-refractivity contribution in [2.75, 3.05) is 48.3 Å². The van der Waals surface area contributed by atoms with Crippen molar-refractivity contribution in [2.24, 2.45) is 0 Å². The zero-order chi connectivity index (χ0) is 26.2. The van der Waals surface area contributed by atoms with Gasteiger partial charge in [-0.2, -0.15) is 0 Å². The van der Waals surface area contributed by atoms with E-state index in [1.165, 1.54) is 11.8 Å². The maximum atomic E-state index is 12.6. The third-order valence-corrected chi connectivity index (χ3v) is 6.35. The molecular formula is C29H33N5O3. The zero-order valence-electron chi connectivity index (χ0n) is 21.3. The Bertz CT molecular complexity index is 1220. The van der Waals surface area contributed by atoms with Crippen molar-refractivity contribution in [1.29, 1.82) is 0 Å². The molecule has 1 aliphatic rings. The molecule has 3 aromatic carbocycles. The number of anilines is 3. The van der Waals surface area contributed by atoms with Crippen LogP contribution in [0.3, 0.4) is 0 Å². The number of amides is 4. The molecule has 1 saturated heterocycles. The molecule has 0 aromatic heterocycles. The second-order valence-corrected chi connectivity index (χ2v) is 9.23. The van der Waals surface area contributed by atoms with Crippen LogP contribution in [-0.4, -0.2) is 60.4 Å². The average molecular weight is 500 g/mol. The molecule has 3 aromatic rings. The van der Waals surface area contributed by atoms with E-state index in [0.29, 0.717) is 25.3 Å². The van der Waals surface area contributed by atoms with E-state index in [2.05, 4.69) is 15.5 Å². The van der Waals surface area contributed by atoms with Gasteiger partial charge in [0.1, 0.15) is 6.54 Å². The van der Waals surface area contributed by atoms with E-state index in [1.807, 2.05) is 90.7 Å². The van der Waals surface area contributed by atoms with E-state index in [-0.39, 0.29) is 24.4 Å². The molecule has 0 radical (unpaired) electrons. The third kappa shape index (κ3) is 7.33. The minimum atomic E-state index is -0.243. The first-order chi connectivity index (χ1) is 17.9. The number of rotatable bonds is 7. The van der Waals surface area contributed by atoms with E-state index >= 15 is 0 Å². The fourth-order valence-electron chi connectivity index (χ4n) is 4.30. The minimum absolute atomic E-state index is 0.0153. The lowest BCUT2D eigenvalue weighted by Gasteiger charge is -2.36. The number of urea groups is 1. The summed E-state index contributed by atoms with van der Waals surface area (Å²) in [5.41, 5.74) is 4.59. The third-order valence-electron chi connectivity index (χ3n) is 6.35. The molecule has 192 valence electrons. The Balaban J connectivity index is 1.26. The second-order valence-electron chi connectivity index (χ2n) is 9.23. The molecule has 0 bridgehead atoms. The summed E-state index contributed by atoms with van der Waals surface area (Å²) in [6.45, 7) is 6.53. The smallest absolute Gasteiger partial charge is 0.321 e. The van der Waals surface area contributed by atoms with Crippen LogP contribution in [-0.2, 0) is 16.1 Å². The largest absolute Gasteiger partial charge is 0.368 e. The molecule has 0 saturated carbocycles. The number of benzene rings is 3. The summed E-state index contributed by atoms with van der Waals surface area (Å²) in [6, 6.07) is 24.9. The van der Waals surface area contributed by atoms with E-state index in [1.54, 1.807) is 0 Å². The number of hydrogen-bond acceptors (Lipinski definition) is 4. The van der Waals surface area contributed by atoms with Crippen LogP contribution in [0, 0.1) is 6.92 Å². The van der Waals surface area contributed by atoms with Gasteiger partial charge in [-0.3, -0.25) is 9.59 Å². The Kier molecular flexibility index (Phi) is 8.40. The number of piperazine rings is 1. The molecule has 0 aliphatic carbocycles. The van der Waals surface area contributed by atoms with Gasteiger partial charge in [0.25, 0.3) is 0 Å². The van der Waals surface area contributed by atoms with E-state index in [0.717, 1.165) is 35.6 Å². The normalized spacial score (nSPS) is 13.1. The van der Waals surface area contributed by atoms with Gasteiger partial charge in [-0.15, -0.1) is 0 Å². The van der Waals surface area contributed by atoms with Crippen molar-refractivity contribution in [3.8, 4) is 0 Å². The van der Waals surface area contributed by atoms with Crippen LogP contribution in [0.15, 0.2) is 78.9 Å². The number of nitrogens with one attached hydrogen (secondary N) is 2. The molecule has 2 N–H and O–H groups in total. The molecule has 8 heteroatoms. The van der Waals surface area contributed by atoms with Crippen LogP contribution in [0.25, 0.3) is 0 Å². The van der Waals surface area contributed by atoms with Crippen molar-refractivity contribution >= 4 is 34.9 Å². The van der Waals surface area contributed by atoms with E-state index in [4.69, 9.17) is 0 Å². The van der Waals surface area contributed by atoms with Crippen LogP contribution in [0.4, 0.5) is 21.9 Å². The summed E-state index contributed by atoms with van der Waals surface area (Å²) in [5, 5.41) is 5.85. The minimum Gasteiger partial charge on any atom is -0.368 e. The number of aryl methyl sites for hydroxylation is 1. The highest BCUT2D eigenvalue weighted by atomic mass is 16.2. The SMILES string of the molecule is CC(=O)N(CC(=O)Nc1ccc(N2CCN(C(=O)Nc3cccc(C)c3)CC2)cc1)Cc1ccccc1. The Hall–Kier alpha value is -4.33. The Morgan fingerprint density at radius 3 is 2.16 bits per heavy atom. The van der Waals surface area contributed by atoms with Crippen molar-refractivity contribution in [1.82, 2.24) is 9.80 Å². The lowest BCUT2D eigenvalue weighted by Crippen LogP contribution is -2.50. The Morgan fingerprint density at radius 2 is 1.51 bits per heavy atom. The zero-order valence-corrected chi connectivity index (χ0v) is 21.3.